The molecule has 5 nitrogen and oxygen atoms in total. The van der Waals surface area contributed by atoms with Gasteiger partial charge in [-0.3, -0.25) is 9.59 Å². The second-order valence-electron chi connectivity index (χ2n) is 7.10. The third-order valence-corrected chi connectivity index (χ3v) is 4.79. The Morgan fingerprint density at radius 1 is 1.04 bits per heavy atom. The fourth-order valence-electron chi connectivity index (χ4n) is 3.16. The second kappa shape index (κ2) is 9.93. The van der Waals surface area contributed by atoms with Crippen LogP contribution in [0.15, 0.2) is 42.5 Å². The number of carbonyl (C=O) groups is 2. The monoisotopic (exact) mass is 382 g/mol. The Morgan fingerprint density at radius 2 is 1.68 bits per heavy atom. The third-order valence-electron chi connectivity index (χ3n) is 4.79. The molecule has 0 spiro atoms. The van der Waals surface area contributed by atoms with E-state index in [4.69, 9.17) is 4.74 Å². The number of rotatable bonds is 8. The lowest BCUT2D eigenvalue weighted by Crippen LogP contribution is -2.49. The number of nitrogens with one attached hydrogen (secondary N) is 1. The summed E-state index contributed by atoms with van der Waals surface area (Å²) in [6.07, 6.45) is 0.529. The molecular weight excluding hydrogens is 352 g/mol. The highest BCUT2D eigenvalue weighted by Crippen LogP contribution is 2.19. The number of benzene rings is 2. The predicted octanol–water partition coefficient (Wildman–Crippen LogP) is 3.54. The minimum Gasteiger partial charge on any atom is -0.483 e. The van der Waals surface area contributed by atoms with Gasteiger partial charge < -0.3 is 15.0 Å². The van der Waals surface area contributed by atoms with Crippen LogP contribution in [0.25, 0.3) is 0 Å². The zero-order valence-corrected chi connectivity index (χ0v) is 17.4. The fourth-order valence-corrected chi connectivity index (χ4v) is 3.16. The van der Waals surface area contributed by atoms with Crippen molar-refractivity contribution in [2.24, 2.45) is 0 Å². The molecule has 2 aromatic carbocycles. The van der Waals surface area contributed by atoms with Crippen molar-refractivity contribution < 1.29 is 14.3 Å². The molecule has 0 aromatic heterocycles. The molecule has 0 aliphatic heterocycles. The number of aryl methyl sites for hydroxylation is 3. The van der Waals surface area contributed by atoms with E-state index in [2.05, 4.69) is 5.32 Å². The standard InChI is InChI=1S/C23H30N2O3/c1-6-20(23(27)24-5)25(14-19-10-7-16(2)8-11-19)22(26)15-28-21-12-9-17(3)13-18(21)4/h7-13,20H,6,14-15H2,1-5H3,(H,24,27). The topological polar surface area (TPSA) is 58.6 Å². The van der Waals surface area contributed by atoms with Crippen molar-refractivity contribution in [3.05, 3.63) is 64.7 Å². The number of likely N-dealkylation sites (N-methyl/N-ethyl adjacent to an activating group) is 1. The maximum atomic E-state index is 13.0. The van der Waals surface area contributed by atoms with Gasteiger partial charge in [0.15, 0.2) is 6.61 Å². The van der Waals surface area contributed by atoms with Crippen LogP contribution in [0.4, 0.5) is 0 Å². The summed E-state index contributed by atoms with van der Waals surface area (Å²) in [6, 6.07) is 13.3. The van der Waals surface area contributed by atoms with Crippen molar-refractivity contribution in [3.8, 4) is 5.75 Å². The van der Waals surface area contributed by atoms with Gasteiger partial charge in [-0.25, -0.2) is 0 Å². The van der Waals surface area contributed by atoms with E-state index in [1.54, 1.807) is 11.9 Å². The number of ether oxygens (including phenoxy) is 1. The predicted molar refractivity (Wildman–Crippen MR) is 111 cm³/mol. The van der Waals surface area contributed by atoms with Gasteiger partial charge in [0, 0.05) is 13.6 Å². The van der Waals surface area contributed by atoms with E-state index in [1.807, 2.05) is 70.2 Å². The van der Waals surface area contributed by atoms with E-state index in [-0.39, 0.29) is 18.4 Å². The van der Waals surface area contributed by atoms with Crippen molar-refractivity contribution >= 4 is 11.8 Å². The lowest BCUT2D eigenvalue weighted by atomic mass is 10.1. The zero-order chi connectivity index (χ0) is 20.7. The van der Waals surface area contributed by atoms with Crippen LogP contribution in [0.3, 0.4) is 0 Å². The Hall–Kier alpha value is -2.82. The quantitative estimate of drug-likeness (QED) is 0.760. The van der Waals surface area contributed by atoms with E-state index in [0.717, 1.165) is 22.3 Å². The van der Waals surface area contributed by atoms with Crippen molar-refractivity contribution in [3.63, 3.8) is 0 Å². The second-order valence-corrected chi connectivity index (χ2v) is 7.10. The van der Waals surface area contributed by atoms with E-state index < -0.39 is 6.04 Å². The molecule has 0 fully saturated rings. The van der Waals surface area contributed by atoms with Gasteiger partial charge in [-0.15, -0.1) is 0 Å². The van der Waals surface area contributed by atoms with Crippen LogP contribution in [0, 0.1) is 20.8 Å². The van der Waals surface area contributed by atoms with Gasteiger partial charge in [0.25, 0.3) is 5.91 Å². The van der Waals surface area contributed by atoms with Crippen LogP contribution >= 0.6 is 0 Å². The number of hydrogen-bond donors (Lipinski definition) is 1. The molecule has 150 valence electrons. The minimum atomic E-state index is -0.540. The van der Waals surface area contributed by atoms with Crippen LogP contribution in [-0.2, 0) is 16.1 Å². The maximum Gasteiger partial charge on any atom is 0.261 e. The molecular formula is C23H30N2O3. The highest BCUT2D eigenvalue weighted by Gasteiger charge is 2.28. The summed E-state index contributed by atoms with van der Waals surface area (Å²) in [6.45, 7) is 8.14. The normalized spacial score (nSPS) is 11.6. The first-order valence-corrected chi connectivity index (χ1v) is 9.62. The maximum absolute atomic E-state index is 13.0. The lowest BCUT2D eigenvalue weighted by molar-refractivity contribution is -0.142. The van der Waals surface area contributed by atoms with Gasteiger partial charge in [-0.1, -0.05) is 54.4 Å². The molecule has 0 aliphatic rings. The SMILES string of the molecule is CCC(C(=O)NC)N(Cc1ccc(C)cc1)C(=O)COc1ccc(C)cc1C. The summed E-state index contributed by atoms with van der Waals surface area (Å²) < 4.78 is 5.78. The van der Waals surface area contributed by atoms with E-state index in [0.29, 0.717) is 18.7 Å². The largest absolute Gasteiger partial charge is 0.483 e. The molecule has 2 aromatic rings. The lowest BCUT2D eigenvalue weighted by Gasteiger charge is -2.30. The molecule has 1 unspecified atom stereocenters. The van der Waals surface area contributed by atoms with Gasteiger partial charge >= 0.3 is 0 Å². The Bertz CT molecular complexity index is 815. The zero-order valence-electron chi connectivity index (χ0n) is 17.4. The molecule has 0 bridgehead atoms. The van der Waals surface area contributed by atoms with E-state index >= 15 is 0 Å². The molecule has 5 heteroatoms. The van der Waals surface area contributed by atoms with Crippen molar-refractivity contribution in [1.29, 1.82) is 0 Å². The smallest absolute Gasteiger partial charge is 0.261 e. The molecule has 0 heterocycles. The molecule has 1 N–H and O–H groups in total. The summed E-state index contributed by atoms with van der Waals surface area (Å²) in [4.78, 5) is 27.0. The van der Waals surface area contributed by atoms with Crippen LogP contribution in [-0.4, -0.2) is 36.4 Å². The van der Waals surface area contributed by atoms with Crippen molar-refractivity contribution in [2.45, 2.75) is 46.7 Å². The fraction of sp³-hybridized carbons (Fsp3) is 0.391. The first-order chi connectivity index (χ1) is 13.3. The van der Waals surface area contributed by atoms with E-state index in [1.165, 1.54) is 0 Å². The highest BCUT2D eigenvalue weighted by atomic mass is 16.5. The molecule has 0 saturated carbocycles. The number of hydrogen-bond acceptors (Lipinski definition) is 3. The number of carbonyl (C=O) groups excluding carboxylic acids is 2. The van der Waals surface area contributed by atoms with Crippen molar-refractivity contribution in [1.82, 2.24) is 10.2 Å². The van der Waals surface area contributed by atoms with Crippen LogP contribution in [0.1, 0.15) is 35.6 Å². The van der Waals surface area contributed by atoms with Gasteiger partial charge in [-0.2, -0.15) is 0 Å². The highest BCUT2D eigenvalue weighted by molar-refractivity contribution is 5.88. The third kappa shape index (κ3) is 5.59. The van der Waals surface area contributed by atoms with Gasteiger partial charge in [0.1, 0.15) is 11.8 Å². The minimum absolute atomic E-state index is 0.108. The summed E-state index contributed by atoms with van der Waals surface area (Å²) >= 11 is 0. The average Bonchev–Trinajstić information content (AvgIpc) is 2.68. The van der Waals surface area contributed by atoms with Crippen molar-refractivity contribution in [2.75, 3.05) is 13.7 Å². The number of nitrogens with zero attached hydrogens (tertiary/aromatic N) is 1. The Balaban J connectivity index is 2.19. The molecule has 0 radical (unpaired) electrons. The van der Waals surface area contributed by atoms with Crippen LogP contribution in [0.2, 0.25) is 0 Å². The van der Waals surface area contributed by atoms with Gasteiger partial charge in [0.2, 0.25) is 5.91 Å². The summed E-state index contributed by atoms with van der Waals surface area (Å²) in [5.74, 6) is 0.299. The summed E-state index contributed by atoms with van der Waals surface area (Å²) in [7, 11) is 1.59. The van der Waals surface area contributed by atoms with Crippen LogP contribution < -0.4 is 10.1 Å². The summed E-state index contributed by atoms with van der Waals surface area (Å²) in [5.41, 5.74) is 4.25. The van der Waals surface area contributed by atoms with E-state index in [9.17, 15) is 9.59 Å². The Kier molecular flexibility index (Phi) is 7.61. The molecule has 0 aliphatic carbocycles. The number of amides is 2. The molecule has 2 rings (SSSR count). The van der Waals surface area contributed by atoms with Gasteiger partial charge in [-0.05, 0) is 44.4 Å². The Labute approximate surface area is 167 Å². The van der Waals surface area contributed by atoms with Crippen LogP contribution in [0.5, 0.6) is 5.75 Å². The molecule has 0 saturated heterocycles. The first kappa shape index (κ1) is 21.5. The summed E-state index contributed by atoms with van der Waals surface area (Å²) in [5, 5.41) is 2.66. The molecule has 28 heavy (non-hydrogen) atoms. The molecule has 2 amide bonds. The Morgan fingerprint density at radius 3 is 2.25 bits per heavy atom. The molecule has 1 atom stereocenters. The average molecular weight is 383 g/mol. The van der Waals surface area contributed by atoms with Gasteiger partial charge in [0.05, 0.1) is 0 Å². The first-order valence-electron chi connectivity index (χ1n) is 9.62.